The smallest absolute Gasteiger partial charge is 0.293 e. The number of nitro benzene ring substituents is 1. The molecule has 156 valence electrons. The van der Waals surface area contributed by atoms with E-state index in [4.69, 9.17) is 27.6 Å². The van der Waals surface area contributed by atoms with E-state index >= 15 is 0 Å². The number of nitro groups is 1. The first kappa shape index (κ1) is 21.2. The van der Waals surface area contributed by atoms with Crippen LogP contribution in [0.25, 0.3) is 17.4 Å². The van der Waals surface area contributed by atoms with Gasteiger partial charge in [-0.1, -0.05) is 41.4 Å². The van der Waals surface area contributed by atoms with Crippen molar-refractivity contribution in [1.29, 1.82) is 0 Å². The van der Waals surface area contributed by atoms with Crippen molar-refractivity contribution in [3.8, 4) is 11.3 Å². The maximum atomic E-state index is 12.8. The molecule has 2 amide bonds. The molecule has 0 bridgehead atoms. The van der Waals surface area contributed by atoms with Gasteiger partial charge in [-0.3, -0.25) is 24.6 Å². The highest BCUT2D eigenvalue weighted by Crippen LogP contribution is 2.36. The van der Waals surface area contributed by atoms with Gasteiger partial charge in [-0.2, -0.15) is 0 Å². The normalized spacial score (nSPS) is 15.2. The van der Waals surface area contributed by atoms with Crippen molar-refractivity contribution >= 4 is 57.9 Å². The third-order valence-electron chi connectivity index (χ3n) is 4.49. The highest BCUT2D eigenvalue weighted by Gasteiger charge is 2.36. The average Bonchev–Trinajstić information content (AvgIpc) is 3.31. The van der Waals surface area contributed by atoms with Crippen molar-refractivity contribution in [3.63, 3.8) is 0 Å². The first-order chi connectivity index (χ1) is 14.8. The van der Waals surface area contributed by atoms with Crippen LogP contribution in [0.2, 0.25) is 10.0 Å². The molecular formula is C21H12Cl2N2O5S. The molecule has 0 saturated carbocycles. The topological polar surface area (TPSA) is 93.7 Å². The van der Waals surface area contributed by atoms with Crippen LogP contribution in [-0.2, 0) is 11.3 Å². The van der Waals surface area contributed by atoms with Crippen molar-refractivity contribution < 1.29 is 18.9 Å². The highest BCUT2D eigenvalue weighted by atomic mass is 35.5. The number of nitrogens with zero attached hydrogens (tertiary/aromatic N) is 2. The Labute approximate surface area is 190 Å². The summed E-state index contributed by atoms with van der Waals surface area (Å²) in [6, 6.07) is 14.2. The standard InChI is InChI=1S/C21H12Cl2N2O5S/c22-16-5-2-6-17(23)15(16)11-24-20(26)19(31-21(24)27)10-14-7-8-18(30-14)12-3-1-4-13(9-12)25(28)29/h1-10H,11H2/b19-10+. The van der Waals surface area contributed by atoms with Gasteiger partial charge < -0.3 is 4.42 Å². The molecule has 0 unspecified atom stereocenters. The number of hydrogen-bond acceptors (Lipinski definition) is 6. The Morgan fingerprint density at radius 2 is 1.77 bits per heavy atom. The van der Waals surface area contributed by atoms with Crippen molar-refractivity contribution in [1.82, 2.24) is 4.90 Å². The van der Waals surface area contributed by atoms with Crippen LogP contribution >= 0.6 is 35.0 Å². The van der Waals surface area contributed by atoms with Gasteiger partial charge in [0.05, 0.1) is 16.4 Å². The van der Waals surface area contributed by atoms with Crippen molar-refractivity contribution in [2.45, 2.75) is 6.54 Å². The van der Waals surface area contributed by atoms with Crippen molar-refractivity contribution in [3.05, 3.63) is 91.0 Å². The zero-order valence-electron chi connectivity index (χ0n) is 15.6. The predicted molar refractivity (Wildman–Crippen MR) is 119 cm³/mol. The van der Waals surface area contributed by atoms with E-state index in [0.717, 1.165) is 16.7 Å². The van der Waals surface area contributed by atoms with Crippen LogP contribution in [0.5, 0.6) is 0 Å². The lowest BCUT2D eigenvalue weighted by Gasteiger charge is -2.14. The van der Waals surface area contributed by atoms with E-state index < -0.39 is 16.1 Å². The number of rotatable bonds is 5. The van der Waals surface area contributed by atoms with E-state index in [0.29, 0.717) is 32.7 Å². The first-order valence-electron chi connectivity index (χ1n) is 8.86. The summed E-state index contributed by atoms with van der Waals surface area (Å²) >= 11 is 13.1. The van der Waals surface area contributed by atoms with Gasteiger partial charge in [0, 0.05) is 39.4 Å². The summed E-state index contributed by atoms with van der Waals surface area (Å²) in [4.78, 5) is 36.9. The molecule has 1 aromatic heterocycles. The number of carbonyl (C=O) groups excluding carboxylic acids is 2. The van der Waals surface area contributed by atoms with Gasteiger partial charge in [-0.25, -0.2) is 0 Å². The number of thioether (sulfide) groups is 1. The fourth-order valence-electron chi connectivity index (χ4n) is 2.97. The lowest BCUT2D eigenvalue weighted by Crippen LogP contribution is -2.27. The second kappa shape index (κ2) is 8.58. The molecular weight excluding hydrogens is 463 g/mol. The molecule has 4 rings (SSSR count). The van der Waals surface area contributed by atoms with Crippen LogP contribution in [0.15, 0.2) is 63.9 Å². The Kier molecular flexibility index (Phi) is 5.86. The molecule has 0 spiro atoms. The number of furan rings is 1. The number of hydrogen-bond donors (Lipinski definition) is 0. The Morgan fingerprint density at radius 3 is 2.48 bits per heavy atom. The number of carbonyl (C=O) groups is 2. The molecule has 0 radical (unpaired) electrons. The monoisotopic (exact) mass is 474 g/mol. The van der Waals surface area contributed by atoms with E-state index in [9.17, 15) is 19.7 Å². The summed E-state index contributed by atoms with van der Waals surface area (Å²) in [5, 5.41) is 11.2. The summed E-state index contributed by atoms with van der Waals surface area (Å²) in [5.74, 6) is 0.249. The molecule has 0 atom stereocenters. The van der Waals surface area contributed by atoms with Crippen LogP contribution in [-0.4, -0.2) is 21.0 Å². The van der Waals surface area contributed by atoms with Gasteiger partial charge in [0.25, 0.3) is 16.8 Å². The quantitative estimate of drug-likeness (QED) is 0.241. The largest absolute Gasteiger partial charge is 0.457 e. The van der Waals surface area contributed by atoms with Crippen LogP contribution in [0, 0.1) is 10.1 Å². The Bertz CT molecular complexity index is 1230. The fourth-order valence-corrected chi connectivity index (χ4v) is 4.30. The van der Waals surface area contributed by atoms with E-state index in [1.807, 2.05) is 0 Å². The third-order valence-corrected chi connectivity index (χ3v) is 6.11. The zero-order chi connectivity index (χ0) is 22.1. The number of halogens is 2. The molecule has 1 aliphatic rings. The molecule has 10 heteroatoms. The van der Waals surface area contributed by atoms with Gasteiger partial charge in [0.1, 0.15) is 11.5 Å². The van der Waals surface area contributed by atoms with Gasteiger partial charge in [-0.05, 0) is 36.0 Å². The molecule has 1 saturated heterocycles. The summed E-state index contributed by atoms with van der Waals surface area (Å²) in [5.41, 5.74) is 0.949. The first-order valence-corrected chi connectivity index (χ1v) is 10.4. The molecule has 0 aliphatic carbocycles. The number of non-ortho nitro benzene ring substituents is 1. The second-order valence-corrected chi connectivity index (χ2v) is 8.29. The van der Waals surface area contributed by atoms with Crippen LogP contribution in [0.1, 0.15) is 11.3 Å². The van der Waals surface area contributed by atoms with Gasteiger partial charge in [0.15, 0.2) is 0 Å². The number of amides is 2. The second-order valence-electron chi connectivity index (χ2n) is 6.48. The minimum atomic E-state index is -0.491. The predicted octanol–water partition coefficient (Wildman–Crippen LogP) is 6.40. The molecule has 31 heavy (non-hydrogen) atoms. The van der Waals surface area contributed by atoms with Crippen LogP contribution < -0.4 is 0 Å². The number of imide groups is 1. The molecule has 3 aromatic rings. The summed E-state index contributed by atoms with van der Waals surface area (Å²) in [6.45, 7) is -0.0440. The Balaban J connectivity index is 1.56. The summed E-state index contributed by atoms with van der Waals surface area (Å²) in [6.07, 6.45) is 1.46. The molecule has 0 N–H and O–H groups in total. The lowest BCUT2D eigenvalue weighted by atomic mass is 10.1. The molecule has 1 aliphatic heterocycles. The lowest BCUT2D eigenvalue weighted by molar-refractivity contribution is -0.384. The molecule has 2 aromatic carbocycles. The Morgan fingerprint density at radius 1 is 1.06 bits per heavy atom. The van der Waals surface area contributed by atoms with E-state index in [2.05, 4.69) is 0 Å². The maximum Gasteiger partial charge on any atom is 0.293 e. The SMILES string of the molecule is O=C1S/C(=C/c2ccc(-c3cccc([N+](=O)[O-])c3)o2)C(=O)N1Cc1c(Cl)cccc1Cl. The molecule has 1 fully saturated rings. The van der Waals surface area contributed by atoms with Crippen molar-refractivity contribution in [2.24, 2.45) is 0 Å². The molecule has 2 heterocycles. The summed E-state index contributed by atoms with van der Waals surface area (Å²) < 4.78 is 5.71. The van der Waals surface area contributed by atoms with Gasteiger partial charge >= 0.3 is 0 Å². The highest BCUT2D eigenvalue weighted by molar-refractivity contribution is 8.18. The molecule has 7 nitrogen and oxygen atoms in total. The zero-order valence-corrected chi connectivity index (χ0v) is 17.9. The average molecular weight is 475 g/mol. The Hall–Kier alpha value is -3.07. The fraction of sp³-hybridized carbons (Fsp3) is 0.0476. The third kappa shape index (κ3) is 4.36. The van der Waals surface area contributed by atoms with Crippen molar-refractivity contribution in [2.75, 3.05) is 0 Å². The van der Waals surface area contributed by atoms with Crippen LogP contribution in [0.4, 0.5) is 10.5 Å². The van der Waals surface area contributed by atoms with E-state index in [1.54, 1.807) is 42.5 Å². The van der Waals surface area contributed by atoms with Crippen LogP contribution in [0.3, 0.4) is 0 Å². The van der Waals surface area contributed by atoms with Gasteiger partial charge in [-0.15, -0.1) is 0 Å². The number of benzene rings is 2. The minimum Gasteiger partial charge on any atom is -0.457 e. The van der Waals surface area contributed by atoms with E-state index in [1.165, 1.54) is 18.2 Å². The maximum absolute atomic E-state index is 12.8. The van der Waals surface area contributed by atoms with Gasteiger partial charge in [0.2, 0.25) is 0 Å². The van der Waals surface area contributed by atoms with E-state index in [-0.39, 0.29) is 17.1 Å². The minimum absolute atomic E-state index is 0.0440. The summed E-state index contributed by atoms with van der Waals surface area (Å²) in [7, 11) is 0.